The maximum Gasteiger partial charge on any atom is 0.197 e. The molecular formula is C17H14N4S2. The molecule has 4 aromatic rings. The Morgan fingerprint density at radius 1 is 1.04 bits per heavy atom. The summed E-state index contributed by atoms with van der Waals surface area (Å²) in [6.07, 6.45) is 1.84. The highest BCUT2D eigenvalue weighted by Gasteiger charge is 2.14. The summed E-state index contributed by atoms with van der Waals surface area (Å²) in [7, 11) is 0. The Bertz CT molecular complexity index is 987. The highest BCUT2D eigenvalue weighted by molar-refractivity contribution is 7.25. The van der Waals surface area contributed by atoms with E-state index in [1.165, 1.54) is 22.1 Å². The number of nitrogens with two attached hydrogens (primary N) is 1. The maximum atomic E-state index is 5.41. The number of nitrogens with zero attached hydrogens (tertiary/aromatic N) is 2. The van der Waals surface area contributed by atoms with Crippen LogP contribution in [0.1, 0.15) is 5.69 Å². The Labute approximate surface area is 141 Å². The molecule has 0 fully saturated rings. The standard InChI is InChI=1S/C17H14N4S2/c1-10-15(14-9-19-17(21-18)22-14)23-16(20-10)13-7-6-11-4-2-3-5-12(11)8-13/h2-9H,18H2,1H3,(H,19,21). The first kappa shape index (κ1) is 14.3. The van der Waals surface area contributed by atoms with Gasteiger partial charge in [-0.2, -0.15) is 0 Å². The molecule has 2 aromatic carbocycles. The lowest BCUT2D eigenvalue weighted by atomic mass is 10.1. The SMILES string of the molecule is Cc1nc(-c2ccc3ccccc3c2)sc1-c1cnc(NN)s1. The van der Waals surface area contributed by atoms with Gasteiger partial charge in [0, 0.05) is 11.8 Å². The fourth-order valence-electron chi connectivity index (χ4n) is 2.52. The highest BCUT2D eigenvalue weighted by atomic mass is 32.1. The molecule has 3 N–H and O–H groups in total. The first-order valence-electron chi connectivity index (χ1n) is 7.14. The summed E-state index contributed by atoms with van der Waals surface area (Å²) in [5.74, 6) is 5.41. The van der Waals surface area contributed by atoms with Crippen molar-refractivity contribution in [2.45, 2.75) is 6.92 Å². The first-order valence-corrected chi connectivity index (χ1v) is 8.77. The largest absolute Gasteiger partial charge is 0.300 e. The molecule has 4 nitrogen and oxygen atoms in total. The van der Waals surface area contributed by atoms with E-state index in [1.54, 1.807) is 11.3 Å². The zero-order valence-electron chi connectivity index (χ0n) is 12.4. The molecule has 0 aliphatic carbocycles. The zero-order valence-corrected chi connectivity index (χ0v) is 14.0. The lowest BCUT2D eigenvalue weighted by molar-refractivity contribution is 1.27. The summed E-state index contributed by atoms with van der Waals surface area (Å²) >= 11 is 3.22. The van der Waals surface area contributed by atoms with E-state index in [9.17, 15) is 0 Å². The van der Waals surface area contributed by atoms with Crippen molar-refractivity contribution >= 4 is 38.6 Å². The van der Waals surface area contributed by atoms with Crippen LogP contribution in [-0.4, -0.2) is 9.97 Å². The van der Waals surface area contributed by atoms with E-state index in [0.29, 0.717) is 5.13 Å². The van der Waals surface area contributed by atoms with Gasteiger partial charge in [0.1, 0.15) is 5.01 Å². The van der Waals surface area contributed by atoms with Crippen LogP contribution in [0.15, 0.2) is 48.7 Å². The fraction of sp³-hybridized carbons (Fsp3) is 0.0588. The van der Waals surface area contributed by atoms with Crippen LogP contribution in [0.4, 0.5) is 5.13 Å². The molecule has 0 saturated heterocycles. The predicted molar refractivity (Wildman–Crippen MR) is 98.7 cm³/mol. The quantitative estimate of drug-likeness (QED) is 0.420. The van der Waals surface area contributed by atoms with Gasteiger partial charge in [0.2, 0.25) is 0 Å². The normalized spacial score (nSPS) is 11.0. The molecule has 0 amide bonds. The van der Waals surface area contributed by atoms with Crippen LogP contribution < -0.4 is 11.3 Å². The number of rotatable bonds is 3. The molecule has 23 heavy (non-hydrogen) atoms. The summed E-state index contributed by atoms with van der Waals surface area (Å²) in [6, 6.07) is 14.8. The van der Waals surface area contributed by atoms with Crippen LogP contribution >= 0.6 is 22.7 Å². The van der Waals surface area contributed by atoms with Crippen LogP contribution in [0.5, 0.6) is 0 Å². The molecule has 0 unspecified atom stereocenters. The fourth-order valence-corrected chi connectivity index (χ4v) is 4.45. The van der Waals surface area contributed by atoms with E-state index in [4.69, 9.17) is 10.8 Å². The number of hydrazine groups is 1. The molecule has 114 valence electrons. The summed E-state index contributed by atoms with van der Waals surface area (Å²) in [6.45, 7) is 2.03. The van der Waals surface area contributed by atoms with Gasteiger partial charge in [-0.3, -0.25) is 5.43 Å². The van der Waals surface area contributed by atoms with Crippen molar-refractivity contribution in [2.24, 2.45) is 5.84 Å². The van der Waals surface area contributed by atoms with Crippen molar-refractivity contribution < 1.29 is 0 Å². The van der Waals surface area contributed by atoms with Gasteiger partial charge in [-0.25, -0.2) is 15.8 Å². The van der Waals surface area contributed by atoms with E-state index < -0.39 is 0 Å². The topological polar surface area (TPSA) is 63.8 Å². The minimum atomic E-state index is 0.708. The molecule has 0 aliphatic heterocycles. The van der Waals surface area contributed by atoms with E-state index >= 15 is 0 Å². The minimum absolute atomic E-state index is 0.708. The average molecular weight is 338 g/mol. The Balaban J connectivity index is 1.78. The number of benzene rings is 2. The lowest BCUT2D eigenvalue weighted by Crippen LogP contribution is -2.05. The van der Waals surface area contributed by atoms with Crippen molar-refractivity contribution in [2.75, 3.05) is 5.43 Å². The van der Waals surface area contributed by atoms with Crippen LogP contribution in [-0.2, 0) is 0 Å². The Hall–Kier alpha value is -2.28. The number of anilines is 1. The zero-order chi connectivity index (χ0) is 15.8. The monoisotopic (exact) mass is 338 g/mol. The number of thiazole rings is 2. The van der Waals surface area contributed by atoms with Crippen molar-refractivity contribution in [3.05, 3.63) is 54.4 Å². The summed E-state index contributed by atoms with van der Waals surface area (Å²) < 4.78 is 0. The second-order valence-electron chi connectivity index (χ2n) is 5.17. The van der Waals surface area contributed by atoms with Gasteiger partial charge in [-0.05, 0) is 23.8 Å². The van der Waals surface area contributed by atoms with Gasteiger partial charge in [0.25, 0.3) is 0 Å². The van der Waals surface area contributed by atoms with Crippen LogP contribution in [0.2, 0.25) is 0 Å². The molecular weight excluding hydrogens is 324 g/mol. The lowest BCUT2D eigenvalue weighted by Gasteiger charge is -2.00. The number of fused-ring (bicyclic) bond motifs is 1. The minimum Gasteiger partial charge on any atom is -0.300 e. The Morgan fingerprint density at radius 2 is 1.87 bits per heavy atom. The second kappa shape index (κ2) is 5.73. The molecule has 2 aromatic heterocycles. The molecule has 0 radical (unpaired) electrons. The van der Waals surface area contributed by atoms with Crippen molar-refractivity contribution in [1.82, 2.24) is 9.97 Å². The summed E-state index contributed by atoms with van der Waals surface area (Å²) in [4.78, 5) is 11.2. The average Bonchev–Trinajstić information content (AvgIpc) is 3.20. The van der Waals surface area contributed by atoms with E-state index in [2.05, 4.69) is 52.9 Å². The Morgan fingerprint density at radius 3 is 2.65 bits per heavy atom. The number of aryl methyl sites for hydroxylation is 1. The number of aromatic nitrogens is 2. The number of nitrogens with one attached hydrogen (secondary N) is 1. The Kier molecular flexibility index (Phi) is 3.57. The van der Waals surface area contributed by atoms with E-state index in [1.807, 2.05) is 13.1 Å². The third-order valence-electron chi connectivity index (χ3n) is 3.65. The second-order valence-corrected chi connectivity index (χ2v) is 7.20. The predicted octanol–water partition coefficient (Wildman–Crippen LogP) is 4.68. The molecule has 6 heteroatoms. The van der Waals surface area contributed by atoms with Gasteiger partial charge < -0.3 is 0 Å². The van der Waals surface area contributed by atoms with Crippen molar-refractivity contribution in [1.29, 1.82) is 0 Å². The van der Waals surface area contributed by atoms with E-state index in [0.717, 1.165) is 26.0 Å². The van der Waals surface area contributed by atoms with Crippen molar-refractivity contribution in [3.8, 4) is 20.3 Å². The van der Waals surface area contributed by atoms with Gasteiger partial charge in [-0.1, -0.05) is 47.7 Å². The number of nitrogen functional groups attached to an aromatic ring is 1. The van der Waals surface area contributed by atoms with Gasteiger partial charge >= 0.3 is 0 Å². The van der Waals surface area contributed by atoms with E-state index in [-0.39, 0.29) is 0 Å². The molecule has 0 bridgehead atoms. The van der Waals surface area contributed by atoms with Gasteiger partial charge in [0.15, 0.2) is 5.13 Å². The molecule has 0 spiro atoms. The molecule has 0 aliphatic rings. The molecule has 2 heterocycles. The van der Waals surface area contributed by atoms with Crippen LogP contribution in [0.3, 0.4) is 0 Å². The van der Waals surface area contributed by atoms with Gasteiger partial charge in [0.05, 0.1) is 15.4 Å². The summed E-state index contributed by atoms with van der Waals surface area (Å²) in [5, 5.41) is 4.21. The summed E-state index contributed by atoms with van der Waals surface area (Å²) in [5.41, 5.74) is 4.75. The maximum absolute atomic E-state index is 5.41. The molecule has 0 saturated carbocycles. The molecule has 0 atom stereocenters. The van der Waals surface area contributed by atoms with Gasteiger partial charge in [-0.15, -0.1) is 11.3 Å². The van der Waals surface area contributed by atoms with Crippen LogP contribution in [0.25, 0.3) is 31.1 Å². The molecule has 4 rings (SSSR count). The third kappa shape index (κ3) is 2.61. The number of hydrogen-bond donors (Lipinski definition) is 2. The number of hydrogen-bond acceptors (Lipinski definition) is 6. The van der Waals surface area contributed by atoms with Crippen LogP contribution in [0, 0.1) is 6.92 Å². The highest BCUT2D eigenvalue weighted by Crippen LogP contribution is 2.39. The third-order valence-corrected chi connectivity index (χ3v) is 5.96. The van der Waals surface area contributed by atoms with Crippen molar-refractivity contribution in [3.63, 3.8) is 0 Å². The smallest absolute Gasteiger partial charge is 0.197 e. The first-order chi connectivity index (χ1) is 11.2.